The Bertz CT molecular complexity index is 665. The molecule has 1 aliphatic heterocycles. The summed E-state index contributed by atoms with van der Waals surface area (Å²) in [5.41, 5.74) is 1.49. The number of benzene rings is 1. The molecule has 6 heteroatoms. The summed E-state index contributed by atoms with van der Waals surface area (Å²) in [6, 6.07) is 8.63. The average Bonchev–Trinajstić information content (AvgIpc) is 2.85. The van der Waals surface area contributed by atoms with Crippen LogP contribution in [0.2, 0.25) is 0 Å². The maximum absolute atomic E-state index is 12.8. The smallest absolute Gasteiger partial charge is 0.254 e. The van der Waals surface area contributed by atoms with Crippen LogP contribution in [0.15, 0.2) is 42.7 Å². The molecule has 1 aromatic carbocycles. The summed E-state index contributed by atoms with van der Waals surface area (Å²) in [4.78, 5) is 26.3. The third-order valence-electron chi connectivity index (χ3n) is 3.52. The van der Waals surface area contributed by atoms with Gasteiger partial charge in [-0.3, -0.25) is 14.3 Å². The summed E-state index contributed by atoms with van der Waals surface area (Å²) >= 11 is 0. The number of nitrogens with zero attached hydrogens (tertiary/aromatic N) is 3. The number of hydrogen-bond acceptors (Lipinski definition) is 3. The van der Waals surface area contributed by atoms with E-state index < -0.39 is 6.04 Å². The minimum absolute atomic E-state index is 0.122. The van der Waals surface area contributed by atoms with Gasteiger partial charge in [-0.1, -0.05) is 30.3 Å². The summed E-state index contributed by atoms with van der Waals surface area (Å²) in [6.45, 7) is 0.361. The first kappa shape index (κ1) is 13.4. The summed E-state index contributed by atoms with van der Waals surface area (Å²) < 4.78 is 1.64. The number of aryl methyl sites for hydroxylation is 1. The first-order valence-corrected chi connectivity index (χ1v) is 6.79. The van der Waals surface area contributed by atoms with Gasteiger partial charge in [0.15, 0.2) is 0 Å². The summed E-state index contributed by atoms with van der Waals surface area (Å²) in [5.74, 6) is -0.261. The molecule has 21 heavy (non-hydrogen) atoms. The molecule has 1 unspecified atom stereocenters. The van der Waals surface area contributed by atoms with Crippen LogP contribution >= 0.6 is 0 Å². The van der Waals surface area contributed by atoms with Crippen LogP contribution in [0.1, 0.15) is 18.0 Å². The zero-order chi connectivity index (χ0) is 14.8. The van der Waals surface area contributed by atoms with Crippen molar-refractivity contribution in [1.29, 1.82) is 0 Å². The van der Waals surface area contributed by atoms with Gasteiger partial charge in [-0.05, 0) is 5.56 Å². The predicted molar refractivity (Wildman–Crippen MR) is 77.5 cm³/mol. The van der Waals surface area contributed by atoms with Crippen LogP contribution in [-0.4, -0.2) is 28.1 Å². The van der Waals surface area contributed by atoms with E-state index in [1.165, 1.54) is 0 Å². The maximum Gasteiger partial charge on any atom is 0.254 e. The molecular formula is C15H16N4O2. The molecule has 2 aromatic rings. The monoisotopic (exact) mass is 284 g/mol. The number of amides is 2. The van der Waals surface area contributed by atoms with E-state index in [0.717, 1.165) is 5.56 Å². The normalized spacial score (nSPS) is 19.3. The number of nitrogens with one attached hydrogen (secondary N) is 1. The van der Waals surface area contributed by atoms with Gasteiger partial charge in [0, 0.05) is 26.2 Å². The number of aromatic nitrogens is 2. The van der Waals surface area contributed by atoms with Gasteiger partial charge in [0.1, 0.15) is 6.04 Å². The number of hydrogen-bond donors (Lipinski definition) is 1. The highest BCUT2D eigenvalue weighted by Gasteiger charge is 2.32. The molecule has 3 rings (SSSR count). The van der Waals surface area contributed by atoms with Gasteiger partial charge in [-0.2, -0.15) is 5.10 Å². The first-order valence-electron chi connectivity index (χ1n) is 6.79. The van der Waals surface area contributed by atoms with Crippen molar-refractivity contribution in [3.63, 3.8) is 0 Å². The molecule has 1 fully saturated rings. The third-order valence-corrected chi connectivity index (χ3v) is 3.52. The lowest BCUT2D eigenvalue weighted by Gasteiger charge is -2.22. The van der Waals surface area contributed by atoms with Crippen LogP contribution in [0.25, 0.3) is 0 Å². The van der Waals surface area contributed by atoms with Crippen molar-refractivity contribution in [2.24, 2.45) is 7.05 Å². The topological polar surface area (TPSA) is 67.2 Å². The fourth-order valence-electron chi connectivity index (χ4n) is 2.45. The van der Waals surface area contributed by atoms with E-state index in [1.54, 1.807) is 29.0 Å². The SMILES string of the molecule is Cn1cc(N2CCC(=O)NC(c3ccccc3)C2=O)cn1. The second-order valence-electron chi connectivity index (χ2n) is 5.02. The van der Waals surface area contributed by atoms with E-state index in [2.05, 4.69) is 10.4 Å². The van der Waals surface area contributed by atoms with Crippen LogP contribution in [-0.2, 0) is 16.6 Å². The Morgan fingerprint density at radius 2 is 2.00 bits per heavy atom. The number of carbonyl (C=O) groups excluding carboxylic acids is 2. The van der Waals surface area contributed by atoms with Crippen molar-refractivity contribution in [3.8, 4) is 0 Å². The summed E-state index contributed by atoms with van der Waals surface area (Å²) in [5, 5.41) is 6.89. The van der Waals surface area contributed by atoms with Gasteiger partial charge in [0.05, 0.1) is 11.9 Å². The predicted octanol–water partition coefficient (Wildman–Crippen LogP) is 1.01. The van der Waals surface area contributed by atoms with Crippen LogP contribution in [0, 0.1) is 0 Å². The van der Waals surface area contributed by atoms with Gasteiger partial charge >= 0.3 is 0 Å². The van der Waals surface area contributed by atoms with Gasteiger partial charge in [-0.15, -0.1) is 0 Å². The van der Waals surface area contributed by atoms with E-state index in [4.69, 9.17) is 0 Å². The number of anilines is 1. The molecule has 1 N–H and O–H groups in total. The molecule has 1 saturated heterocycles. The van der Waals surface area contributed by atoms with Crippen molar-refractivity contribution in [2.75, 3.05) is 11.4 Å². The van der Waals surface area contributed by atoms with Crippen LogP contribution in [0.4, 0.5) is 5.69 Å². The highest BCUT2D eigenvalue weighted by Crippen LogP contribution is 2.23. The molecule has 0 spiro atoms. The lowest BCUT2D eigenvalue weighted by atomic mass is 10.1. The van der Waals surface area contributed by atoms with Gasteiger partial charge in [-0.25, -0.2) is 0 Å². The van der Waals surface area contributed by atoms with Crippen LogP contribution < -0.4 is 10.2 Å². The Morgan fingerprint density at radius 1 is 1.24 bits per heavy atom. The van der Waals surface area contributed by atoms with E-state index in [9.17, 15) is 9.59 Å². The Hall–Kier alpha value is -2.63. The lowest BCUT2D eigenvalue weighted by Crippen LogP contribution is -2.38. The van der Waals surface area contributed by atoms with Gasteiger partial charge < -0.3 is 10.2 Å². The molecule has 0 aliphatic carbocycles. The third kappa shape index (κ3) is 2.65. The van der Waals surface area contributed by atoms with Crippen molar-refractivity contribution >= 4 is 17.5 Å². The minimum Gasteiger partial charge on any atom is -0.340 e. The average molecular weight is 284 g/mol. The largest absolute Gasteiger partial charge is 0.340 e. The molecule has 6 nitrogen and oxygen atoms in total. The van der Waals surface area contributed by atoms with Crippen molar-refractivity contribution in [3.05, 3.63) is 48.3 Å². The van der Waals surface area contributed by atoms with Crippen molar-refractivity contribution < 1.29 is 9.59 Å². The molecule has 1 aromatic heterocycles. The molecule has 0 radical (unpaired) electrons. The second kappa shape index (κ2) is 5.40. The minimum atomic E-state index is -0.651. The lowest BCUT2D eigenvalue weighted by molar-refractivity contribution is -0.125. The van der Waals surface area contributed by atoms with E-state index >= 15 is 0 Å². The Morgan fingerprint density at radius 3 is 2.67 bits per heavy atom. The molecule has 108 valence electrons. The standard InChI is InChI=1S/C15H16N4O2/c1-18-10-12(9-16-18)19-8-7-13(20)17-14(15(19)21)11-5-3-2-4-6-11/h2-6,9-10,14H,7-8H2,1H3,(H,17,20). The van der Waals surface area contributed by atoms with Crippen molar-refractivity contribution in [2.45, 2.75) is 12.5 Å². The number of carbonyl (C=O) groups is 2. The highest BCUT2D eigenvalue weighted by molar-refractivity contribution is 6.01. The van der Waals surface area contributed by atoms with E-state index in [1.807, 2.05) is 30.3 Å². The molecule has 1 atom stereocenters. The Kier molecular flexibility index (Phi) is 3.43. The zero-order valence-electron chi connectivity index (χ0n) is 11.7. The quantitative estimate of drug-likeness (QED) is 0.895. The van der Waals surface area contributed by atoms with E-state index in [0.29, 0.717) is 12.2 Å². The molecule has 1 aliphatic rings. The number of rotatable bonds is 2. The molecule has 0 saturated carbocycles. The van der Waals surface area contributed by atoms with Gasteiger partial charge in [0.25, 0.3) is 5.91 Å². The highest BCUT2D eigenvalue weighted by atomic mass is 16.2. The molecule has 0 bridgehead atoms. The first-order chi connectivity index (χ1) is 10.1. The summed E-state index contributed by atoms with van der Waals surface area (Å²) in [7, 11) is 1.80. The Balaban J connectivity index is 1.96. The Labute approximate surface area is 122 Å². The molecule has 2 amide bonds. The van der Waals surface area contributed by atoms with Crippen molar-refractivity contribution in [1.82, 2.24) is 15.1 Å². The van der Waals surface area contributed by atoms with Gasteiger partial charge in [0.2, 0.25) is 5.91 Å². The van der Waals surface area contributed by atoms with Crippen LogP contribution in [0.5, 0.6) is 0 Å². The second-order valence-corrected chi connectivity index (χ2v) is 5.02. The van der Waals surface area contributed by atoms with Crippen LogP contribution in [0.3, 0.4) is 0 Å². The van der Waals surface area contributed by atoms with E-state index in [-0.39, 0.29) is 18.2 Å². The molecule has 2 heterocycles. The molecular weight excluding hydrogens is 268 g/mol. The summed E-state index contributed by atoms with van der Waals surface area (Å²) in [6.07, 6.45) is 3.69. The fourth-order valence-corrected chi connectivity index (χ4v) is 2.45. The fraction of sp³-hybridized carbons (Fsp3) is 0.267. The maximum atomic E-state index is 12.8. The zero-order valence-corrected chi connectivity index (χ0v) is 11.7.